The molecular weight excluding hydrogens is 226 g/mol. The van der Waals surface area contributed by atoms with Crippen molar-refractivity contribution in [3.63, 3.8) is 0 Å². The second kappa shape index (κ2) is 5.14. The molecule has 0 spiro atoms. The topological polar surface area (TPSA) is 60.9 Å². The molecule has 1 unspecified atom stereocenters. The molecule has 4 nitrogen and oxygen atoms in total. The summed E-state index contributed by atoms with van der Waals surface area (Å²) < 4.78 is 1.56. The molecule has 18 heavy (non-hydrogen) atoms. The number of aromatic nitrogens is 2. The van der Waals surface area contributed by atoms with Crippen LogP contribution in [0.25, 0.3) is 0 Å². The van der Waals surface area contributed by atoms with Gasteiger partial charge in [0.1, 0.15) is 0 Å². The Hall–Kier alpha value is -1.94. The largest absolute Gasteiger partial charge is 0.347 e. The highest BCUT2D eigenvalue weighted by Gasteiger charge is 2.08. The molecule has 0 radical (unpaired) electrons. The number of nitrogens with two attached hydrogens (primary N) is 1. The zero-order valence-electron chi connectivity index (χ0n) is 10.6. The fourth-order valence-corrected chi connectivity index (χ4v) is 1.83. The summed E-state index contributed by atoms with van der Waals surface area (Å²) in [5, 5.41) is 0. The van der Waals surface area contributed by atoms with Crippen molar-refractivity contribution in [2.75, 3.05) is 0 Å². The maximum atomic E-state index is 11.6. The molecule has 0 saturated heterocycles. The standard InChI is InChI=1S/C14H17N3O/c1-10-3-5-12(6-4-10)13(15)9-17-8-11(2)7-16-14(17)18/h3-8,13H,9,15H2,1-2H3. The first-order valence-electron chi connectivity index (χ1n) is 5.91. The average molecular weight is 243 g/mol. The molecule has 2 rings (SSSR count). The zero-order chi connectivity index (χ0) is 13.1. The van der Waals surface area contributed by atoms with Crippen LogP contribution in [0.4, 0.5) is 0 Å². The molecule has 0 fully saturated rings. The van der Waals surface area contributed by atoms with Gasteiger partial charge in [-0.1, -0.05) is 29.8 Å². The van der Waals surface area contributed by atoms with Crippen molar-refractivity contribution in [1.29, 1.82) is 0 Å². The van der Waals surface area contributed by atoms with Gasteiger partial charge in [0.25, 0.3) is 0 Å². The van der Waals surface area contributed by atoms with Gasteiger partial charge in [0.2, 0.25) is 0 Å². The minimum atomic E-state index is -0.261. The molecule has 0 saturated carbocycles. The van der Waals surface area contributed by atoms with E-state index in [2.05, 4.69) is 4.98 Å². The molecule has 1 aromatic heterocycles. The van der Waals surface area contributed by atoms with Crippen LogP contribution in [0.15, 0.2) is 41.5 Å². The molecule has 0 amide bonds. The summed E-state index contributed by atoms with van der Waals surface area (Å²) in [6.07, 6.45) is 3.35. The lowest BCUT2D eigenvalue weighted by Gasteiger charge is -2.14. The third-order valence-corrected chi connectivity index (χ3v) is 2.88. The lowest BCUT2D eigenvalue weighted by molar-refractivity contribution is 0.549. The van der Waals surface area contributed by atoms with Gasteiger partial charge in [-0.05, 0) is 25.0 Å². The van der Waals surface area contributed by atoms with E-state index < -0.39 is 0 Å². The minimum Gasteiger partial charge on any atom is -0.322 e. The van der Waals surface area contributed by atoms with Crippen molar-refractivity contribution in [2.45, 2.75) is 26.4 Å². The first kappa shape index (κ1) is 12.5. The van der Waals surface area contributed by atoms with Crippen LogP contribution >= 0.6 is 0 Å². The fourth-order valence-electron chi connectivity index (χ4n) is 1.83. The maximum absolute atomic E-state index is 11.6. The summed E-state index contributed by atoms with van der Waals surface area (Å²) >= 11 is 0. The van der Waals surface area contributed by atoms with Crippen LogP contribution in [0.1, 0.15) is 22.7 Å². The molecule has 2 aromatic rings. The molecule has 0 aliphatic heterocycles. The summed E-state index contributed by atoms with van der Waals surface area (Å²) in [6.45, 7) is 4.38. The number of nitrogens with zero attached hydrogens (tertiary/aromatic N) is 2. The molecule has 0 bridgehead atoms. The lowest BCUT2D eigenvalue weighted by atomic mass is 10.1. The van der Waals surface area contributed by atoms with E-state index in [9.17, 15) is 4.79 Å². The van der Waals surface area contributed by atoms with Crippen molar-refractivity contribution in [1.82, 2.24) is 9.55 Å². The molecule has 94 valence electrons. The quantitative estimate of drug-likeness (QED) is 0.890. The van der Waals surface area contributed by atoms with Crippen molar-refractivity contribution in [3.8, 4) is 0 Å². The first-order chi connectivity index (χ1) is 8.56. The Morgan fingerprint density at radius 3 is 2.56 bits per heavy atom. The van der Waals surface area contributed by atoms with Crippen LogP contribution < -0.4 is 11.4 Å². The molecule has 0 aliphatic rings. The number of hydrogen-bond donors (Lipinski definition) is 1. The van der Waals surface area contributed by atoms with Gasteiger partial charge in [-0.2, -0.15) is 0 Å². The monoisotopic (exact) mass is 243 g/mol. The van der Waals surface area contributed by atoms with Gasteiger partial charge in [0.05, 0.1) is 0 Å². The van der Waals surface area contributed by atoms with Crippen molar-refractivity contribution in [2.24, 2.45) is 5.73 Å². The van der Waals surface area contributed by atoms with Crippen LogP contribution in [-0.4, -0.2) is 9.55 Å². The molecule has 1 atom stereocenters. The third kappa shape index (κ3) is 2.84. The molecule has 0 aliphatic carbocycles. The number of benzene rings is 1. The number of rotatable bonds is 3. The molecule has 2 N–H and O–H groups in total. The Morgan fingerprint density at radius 1 is 1.22 bits per heavy atom. The zero-order valence-corrected chi connectivity index (χ0v) is 10.6. The summed E-state index contributed by atoms with van der Waals surface area (Å²) in [5.41, 5.74) is 9.01. The Kier molecular flexibility index (Phi) is 3.58. The summed E-state index contributed by atoms with van der Waals surface area (Å²) in [4.78, 5) is 15.4. The van der Waals surface area contributed by atoms with Gasteiger partial charge in [-0.15, -0.1) is 0 Å². The van der Waals surface area contributed by atoms with E-state index in [1.54, 1.807) is 17.0 Å². The van der Waals surface area contributed by atoms with Crippen molar-refractivity contribution in [3.05, 3.63) is 63.8 Å². The fraction of sp³-hybridized carbons (Fsp3) is 0.286. The van der Waals surface area contributed by atoms with Gasteiger partial charge < -0.3 is 5.73 Å². The van der Waals surface area contributed by atoms with E-state index in [1.807, 2.05) is 38.1 Å². The molecule has 1 heterocycles. The second-order valence-corrected chi connectivity index (χ2v) is 4.58. The number of hydrogen-bond acceptors (Lipinski definition) is 3. The summed E-state index contributed by atoms with van der Waals surface area (Å²) in [6, 6.07) is 7.83. The van der Waals surface area contributed by atoms with Gasteiger partial charge >= 0.3 is 5.69 Å². The minimum absolute atomic E-state index is 0.202. The van der Waals surface area contributed by atoms with Crippen LogP contribution in [0.2, 0.25) is 0 Å². The van der Waals surface area contributed by atoms with E-state index in [1.165, 1.54) is 5.56 Å². The van der Waals surface area contributed by atoms with E-state index in [4.69, 9.17) is 5.73 Å². The first-order valence-corrected chi connectivity index (χ1v) is 5.91. The van der Waals surface area contributed by atoms with E-state index in [-0.39, 0.29) is 11.7 Å². The average Bonchev–Trinajstić information content (AvgIpc) is 2.34. The highest BCUT2D eigenvalue weighted by Crippen LogP contribution is 2.12. The molecule has 1 aromatic carbocycles. The maximum Gasteiger partial charge on any atom is 0.347 e. The Morgan fingerprint density at radius 2 is 1.89 bits per heavy atom. The normalized spacial score (nSPS) is 12.4. The van der Waals surface area contributed by atoms with Crippen molar-refractivity contribution < 1.29 is 0 Å². The van der Waals surface area contributed by atoms with Gasteiger partial charge in [-0.3, -0.25) is 4.57 Å². The van der Waals surface area contributed by atoms with Gasteiger partial charge in [-0.25, -0.2) is 9.78 Å². The predicted molar refractivity (Wildman–Crippen MR) is 71.3 cm³/mol. The highest BCUT2D eigenvalue weighted by atomic mass is 16.1. The Labute approximate surface area is 106 Å². The smallest absolute Gasteiger partial charge is 0.322 e. The van der Waals surface area contributed by atoms with Crippen LogP contribution in [-0.2, 0) is 6.54 Å². The van der Waals surface area contributed by atoms with Crippen LogP contribution in [0.3, 0.4) is 0 Å². The lowest BCUT2D eigenvalue weighted by Crippen LogP contribution is -2.28. The van der Waals surface area contributed by atoms with Crippen LogP contribution in [0, 0.1) is 13.8 Å². The second-order valence-electron chi connectivity index (χ2n) is 4.58. The predicted octanol–water partition coefficient (Wildman–Crippen LogP) is 1.56. The third-order valence-electron chi connectivity index (χ3n) is 2.88. The number of aryl methyl sites for hydroxylation is 2. The van der Waals surface area contributed by atoms with Crippen molar-refractivity contribution >= 4 is 0 Å². The van der Waals surface area contributed by atoms with Crippen LogP contribution in [0.5, 0.6) is 0 Å². The van der Waals surface area contributed by atoms with Gasteiger partial charge in [0.15, 0.2) is 0 Å². The summed E-state index contributed by atoms with van der Waals surface area (Å²) in [7, 11) is 0. The molecular formula is C14H17N3O. The van der Waals surface area contributed by atoms with E-state index in [0.717, 1.165) is 11.1 Å². The van der Waals surface area contributed by atoms with E-state index in [0.29, 0.717) is 6.54 Å². The molecule has 4 heteroatoms. The Balaban J connectivity index is 2.21. The highest BCUT2D eigenvalue weighted by molar-refractivity contribution is 5.23. The summed E-state index contributed by atoms with van der Waals surface area (Å²) in [5.74, 6) is 0. The Bertz CT molecular complexity index is 587. The SMILES string of the molecule is Cc1ccc(C(N)Cn2cc(C)cnc2=O)cc1. The van der Waals surface area contributed by atoms with Gasteiger partial charge in [0, 0.05) is 25.0 Å². The van der Waals surface area contributed by atoms with E-state index >= 15 is 0 Å².